The van der Waals surface area contributed by atoms with Gasteiger partial charge in [0.05, 0.1) is 36.9 Å². The summed E-state index contributed by atoms with van der Waals surface area (Å²) in [5, 5.41) is 14.7. The summed E-state index contributed by atoms with van der Waals surface area (Å²) in [6.45, 7) is 1.29. The molecule has 1 saturated carbocycles. The monoisotopic (exact) mass is 482 g/mol. The van der Waals surface area contributed by atoms with Crippen molar-refractivity contribution >= 4 is 23.2 Å². The van der Waals surface area contributed by atoms with Gasteiger partial charge in [0.15, 0.2) is 0 Å². The van der Waals surface area contributed by atoms with Crippen molar-refractivity contribution in [2.45, 2.75) is 38.8 Å². The van der Waals surface area contributed by atoms with Crippen LogP contribution in [-0.2, 0) is 22.7 Å². The zero-order chi connectivity index (χ0) is 24.7. The van der Waals surface area contributed by atoms with Gasteiger partial charge in [-0.15, -0.1) is 0 Å². The summed E-state index contributed by atoms with van der Waals surface area (Å²) in [5.74, 6) is -0.509. The highest BCUT2D eigenvalue weighted by Gasteiger charge is 2.31. The Morgan fingerprint density at radius 1 is 0.722 bits per heavy atom. The zero-order valence-corrected chi connectivity index (χ0v) is 20.1. The minimum Gasteiger partial charge on any atom is -0.323 e. The summed E-state index contributed by atoms with van der Waals surface area (Å²) in [5.41, 5.74) is 3.64. The zero-order valence-electron chi connectivity index (χ0n) is 20.1. The van der Waals surface area contributed by atoms with Crippen LogP contribution in [-0.4, -0.2) is 31.4 Å². The molecule has 1 aliphatic rings. The molecule has 184 valence electrons. The van der Waals surface area contributed by atoms with E-state index in [0.717, 1.165) is 30.4 Å². The fourth-order valence-corrected chi connectivity index (χ4v) is 4.72. The van der Waals surface area contributed by atoms with Crippen molar-refractivity contribution in [1.82, 2.24) is 19.6 Å². The Morgan fingerprint density at radius 2 is 1.17 bits per heavy atom. The summed E-state index contributed by atoms with van der Waals surface area (Å²) in [4.78, 5) is 25.9. The van der Waals surface area contributed by atoms with Crippen LogP contribution in [0.5, 0.6) is 0 Å². The Labute approximate surface area is 210 Å². The van der Waals surface area contributed by atoms with E-state index in [4.69, 9.17) is 0 Å². The van der Waals surface area contributed by atoms with Crippen molar-refractivity contribution in [1.29, 1.82) is 0 Å². The van der Waals surface area contributed by atoms with Gasteiger partial charge in [-0.25, -0.2) is 0 Å². The van der Waals surface area contributed by atoms with E-state index >= 15 is 0 Å². The largest absolute Gasteiger partial charge is 0.323 e. The normalized spacial score (nSPS) is 17.4. The molecule has 2 heterocycles. The first-order chi connectivity index (χ1) is 17.6. The highest BCUT2D eigenvalue weighted by atomic mass is 16.2. The third-order valence-electron chi connectivity index (χ3n) is 6.59. The Bertz CT molecular complexity index is 1200. The number of amides is 2. The van der Waals surface area contributed by atoms with Gasteiger partial charge in [0, 0.05) is 24.2 Å². The molecular weight excluding hydrogens is 452 g/mol. The molecule has 0 saturated heterocycles. The molecular formula is C28H30N6O2. The number of nitrogens with zero attached hydrogens (tertiary/aromatic N) is 4. The van der Waals surface area contributed by atoms with Crippen LogP contribution in [0.4, 0.5) is 11.4 Å². The van der Waals surface area contributed by atoms with Crippen molar-refractivity contribution in [3.05, 3.63) is 96.6 Å². The highest BCUT2D eigenvalue weighted by molar-refractivity contribution is 5.95. The van der Waals surface area contributed by atoms with Crippen molar-refractivity contribution in [3.8, 4) is 0 Å². The van der Waals surface area contributed by atoms with Crippen LogP contribution in [0.25, 0.3) is 0 Å². The lowest BCUT2D eigenvalue weighted by atomic mass is 9.80. The lowest BCUT2D eigenvalue weighted by Gasteiger charge is -2.27. The first-order valence-electron chi connectivity index (χ1n) is 12.4. The van der Waals surface area contributed by atoms with Gasteiger partial charge >= 0.3 is 0 Å². The number of benzene rings is 2. The molecule has 8 nitrogen and oxygen atoms in total. The van der Waals surface area contributed by atoms with Crippen LogP contribution < -0.4 is 10.6 Å². The molecule has 5 rings (SSSR count). The first-order valence-corrected chi connectivity index (χ1v) is 12.4. The fourth-order valence-electron chi connectivity index (χ4n) is 4.72. The predicted octanol–water partition coefficient (Wildman–Crippen LogP) is 4.56. The average molecular weight is 483 g/mol. The predicted molar refractivity (Wildman–Crippen MR) is 138 cm³/mol. The van der Waals surface area contributed by atoms with E-state index < -0.39 is 0 Å². The Morgan fingerprint density at radius 3 is 1.61 bits per heavy atom. The molecule has 2 aromatic heterocycles. The molecule has 2 unspecified atom stereocenters. The van der Waals surface area contributed by atoms with Gasteiger partial charge in [-0.3, -0.25) is 19.0 Å². The summed E-state index contributed by atoms with van der Waals surface area (Å²) in [6.07, 6.45) is 9.95. The smallest absolute Gasteiger partial charge is 0.227 e. The Balaban J connectivity index is 1.13. The number of carbonyl (C=O) groups is 2. The van der Waals surface area contributed by atoms with Gasteiger partial charge in [-0.1, -0.05) is 67.1 Å². The maximum absolute atomic E-state index is 12.9. The number of nitrogens with one attached hydrogen (secondary N) is 2. The fraction of sp³-hybridized carbons (Fsp3) is 0.286. The summed E-state index contributed by atoms with van der Waals surface area (Å²) in [6, 6.07) is 20.1. The van der Waals surface area contributed by atoms with Crippen LogP contribution in [0.2, 0.25) is 0 Å². The molecule has 8 heteroatoms. The molecule has 1 aliphatic carbocycles. The molecule has 0 radical (unpaired) electrons. The van der Waals surface area contributed by atoms with Crippen LogP contribution >= 0.6 is 0 Å². The van der Waals surface area contributed by atoms with Gasteiger partial charge in [0.1, 0.15) is 0 Å². The molecule has 0 spiro atoms. The molecule has 2 atom stereocenters. The molecule has 2 amide bonds. The number of hydrogen-bond donors (Lipinski definition) is 2. The van der Waals surface area contributed by atoms with E-state index in [2.05, 4.69) is 20.8 Å². The third-order valence-corrected chi connectivity index (χ3v) is 6.59. The first kappa shape index (κ1) is 23.5. The maximum atomic E-state index is 12.9. The van der Waals surface area contributed by atoms with Crippen molar-refractivity contribution in [2.24, 2.45) is 11.8 Å². The van der Waals surface area contributed by atoms with Crippen molar-refractivity contribution in [3.63, 3.8) is 0 Å². The summed E-state index contributed by atoms with van der Waals surface area (Å²) in [7, 11) is 0. The lowest BCUT2D eigenvalue weighted by molar-refractivity contribution is -0.124. The molecule has 2 aromatic carbocycles. The van der Waals surface area contributed by atoms with E-state index in [1.54, 1.807) is 21.8 Å². The van der Waals surface area contributed by atoms with E-state index in [9.17, 15) is 9.59 Å². The molecule has 4 aromatic rings. The van der Waals surface area contributed by atoms with E-state index in [1.807, 2.05) is 73.1 Å². The molecule has 0 bridgehead atoms. The quantitative estimate of drug-likeness (QED) is 0.385. The van der Waals surface area contributed by atoms with Gasteiger partial charge < -0.3 is 10.6 Å². The number of anilines is 2. The summed E-state index contributed by atoms with van der Waals surface area (Å²) >= 11 is 0. The second kappa shape index (κ2) is 11.0. The Kier molecular flexibility index (Phi) is 7.21. The van der Waals surface area contributed by atoms with Crippen LogP contribution in [0.1, 0.15) is 36.8 Å². The molecule has 36 heavy (non-hydrogen) atoms. The molecule has 1 fully saturated rings. The molecule has 0 aliphatic heterocycles. The number of rotatable bonds is 8. The van der Waals surface area contributed by atoms with E-state index in [-0.39, 0.29) is 23.7 Å². The minimum absolute atomic E-state index is 0.0533. The summed E-state index contributed by atoms with van der Waals surface area (Å²) < 4.78 is 3.61. The van der Waals surface area contributed by atoms with Crippen LogP contribution in [0.15, 0.2) is 85.5 Å². The minimum atomic E-state index is -0.201. The third kappa shape index (κ3) is 6.07. The SMILES string of the molecule is O=C(Nc1cnn(Cc2ccccc2)c1)C1CCCC(C(=O)Nc2cnn(Cc3ccccc3)c2)C1. The van der Waals surface area contributed by atoms with E-state index in [1.165, 1.54) is 0 Å². The standard InChI is InChI=1S/C28H30N6O2/c35-27(31-25-15-29-33(19-25)17-21-8-3-1-4-9-21)23-12-7-13-24(14-23)28(36)32-26-16-30-34(20-26)18-22-10-5-2-6-11-22/h1-6,8-11,15-16,19-20,23-24H,7,12-14,17-18H2,(H,31,35)(H,32,36). The van der Waals surface area contributed by atoms with Crippen LogP contribution in [0.3, 0.4) is 0 Å². The lowest BCUT2D eigenvalue weighted by Crippen LogP contribution is -2.33. The molecule has 2 N–H and O–H groups in total. The average Bonchev–Trinajstić information content (AvgIpc) is 3.54. The van der Waals surface area contributed by atoms with Gasteiger partial charge in [-0.05, 0) is 30.4 Å². The number of carbonyl (C=O) groups excluding carboxylic acids is 2. The van der Waals surface area contributed by atoms with Gasteiger partial charge in [-0.2, -0.15) is 10.2 Å². The second-order valence-corrected chi connectivity index (χ2v) is 9.36. The number of hydrogen-bond acceptors (Lipinski definition) is 4. The maximum Gasteiger partial charge on any atom is 0.227 e. The second-order valence-electron chi connectivity index (χ2n) is 9.36. The van der Waals surface area contributed by atoms with E-state index in [0.29, 0.717) is 30.9 Å². The Hall–Kier alpha value is -4.20. The van der Waals surface area contributed by atoms with Gasteiger partial charge in [0.2, 0.25) is 11.8 Å². The highest BCUT2D eigenvalue weighted by Crippen LogP contribution is 2.31. The topological polar surface area (TPSA) is 93.8 Å². The number of aromatic nitrogens is 4. The van der Waals surface area contributed by atoms with Crippen molar-refractivity contribution in [2.75, 3.05) is 10.6 Å². The van der Waals surface area contributed by atoms with Crippen LogP contribution in [0, 0.1) is 11.8 Å². The van der Waals surface area contributed by atoms with Crippen molar-refractivity contribution < 1.29 is 9.59 Å². The van der Waals surface area contributed by atoms with Gasteiger partial charge in [0.25, 0.3) is 0 Å².